The molecule has 0 aliphatic carbocycles. The van der Waals surface area contributed by atoms with Crippen molar-refractivity contribution < 1.29 is 19.1 Å². The Morgan fingerprint density at radius 2 is 1.32 bits per heavy atom. The number of rotatable bonds is 18. The van der Waals surface area contributed by atoms with Gasteiger partial charge in [0, 0.05) is 6.92 Å². The molecular formula is C27H50O4. The Balaban J connectivity index is 4.98. The van der Waals surface area contributed by atoms with E-state index in [0.29, 0.717) is 11.8 Å². The molecule has 0 bridgehead atoms. The van der Waals surface area contributed by atoms with Crippen LogP contribution in [0.25, 0.3) is 0 Å². The van der Waals surface area contributed by atoms with Crippen molar-refractivity contribution >= 4 is 11.9 Å². The van der Waals surface area contributed by atoms with Crippen molar-refractivity contribution in [3.8, 4) is 0 Å². The lowest BCUT2D eigenvalue weighted by atomic mass is 9.81. The van der Waals surface area contributed by atoms with Crippen LogP contribution in [0.15, 0.2) is 12.7 Å². The van der Waals surface area contributed by atoms with Gasteiger partial charge in [0.15, 0.2) is 0 Å². The van der Waals surface area contributed by atoms with Crippen molar-refractivity contribution in [2.45, 2.75) is 119 Å². The van der Waals surface area contributed by atoms with Crippen molar-refractivity contribution in [3.05, 3.63) is 12.7 Å². The van der Waals surface area contributed by atoms with Gasteiger partial charge >= 0.3 is 11.9 Å². The van der Waals surface area contributed by atoms with E-state index >= 15 is 0 Å². The summed E-state index contributed by atoms with van der Waals surface area (Å²) in [5.74, 6) is 0.0194. The summed E-state index contributed by atoms with van der Waals surface area (Å²) < 4.78 is 11.2. The normalized spacial score (nSPS) is 15.4. The number of esters is 2. The molecule has 0 fully saturated rings. The third-order valence-electron chi connectivity index (χ3n) is 5.80. The topological polar surface area (TPSA) is 52.6 Å². The molecule has 31 heavy (non-hydrogen) atoms. The highest BCUT2D eigenvalue weighted by atomic mass is 16.7. The Hall–Kier alpha value is -1.32. The summed E-state index contributed by atoms with van der Waals surface area (Å²) in [6.07, 6.45) is 11.0. The summed E-state index contributed by atoms with van der Waals surface area (Å²) in [5.41, 5.74) is 0. The smallest absolute Gasteiger partial charge is 0.312 e. The predicted octanol–water partition coefficient (Wildman–Crippen LogP) is 7.71. The molecule has 0 aromatic heterocycles. The Bertz CT molecular complexity index is 497. The molecule has 4 atom stereocenters. The van der Waals surface area contributed by atoms with E-state index in [2.05, 4.69) is 48.1 Å². The molecule has 0 radical (unpaired) electrons. The molecule has 4 heteroatoms. The molecule has 0 aromatic carbocycles. The molecule has 0 spiro atoms. The lowest BCUT2D eigenvalue weighted by Crippen LogP contribution is -2.32. The molecule has 0 aromatic rings. The van der Waals surface area contributed by atoms with Gasteiger partial charge in [0.05, 0.1) is 11.8 Å². The third-order valence-corrected chi connectivity index (χ3v) is 5.80. The molecule has 0 saturated carbocycles. The summed E-state index contributed by atoms with van der Waals surface area (Å²) in [4.78, 5) is 25.7. The minimum atomic E-state index is -0.862. The zero-order valence-corrected chi connectivity index (χ0v) is 21.5. The van der Waals surface area contributed by atoms with E-state index in [9.17, 15) is 9.59 Å². The van der Waals surface area contributed by atoms with Crippen molar-refractivity contribution in [1.82, 2.24) is 0 Å². The van der Waals surface area contributed by atoms with Gasteiger partial charge in [-0.2, -0.15) is 0 Å². The quantitative estimate of drug-likeness (QED) is 0.0951. The summed E-state index contributed by atoms with van der Waals surface area (Å²) in [7, 11) is 0. The molecule has 4 unspecified atom stereocenters. The van der Waals surface area contributed by atoms with Gasteiger partial charge in [-0.05, 0) is 43.4 Å². The fourth-order valence-electron chi connectivity index (χ4n) is 4.11. The molecule has 0 aliphatic heterocycles. The summed E-state index contributed by atoms with van der Waals surface area (Å²) >= 11 is 0. The van der Waals surface area contributed by atoms with Crippen LogP contribution in [0.5, 0.6) is 0 Å². The molecule has 182 valence electrons. The molecule has 0 rings (SSSR count). The van der Waals surface area contributed by atoms with Crippen LogP contribution in [0.2, 0.25) is 0 Å². The van der Waals surface area contributed by atoms with E-state index in [1.165, 1.54) is 12.8 Å². The molecular weight excluding hydrogens is 388 g/mol. The van der Waals surface area contributed by atoms with E-state index in [0.717, 1.165) is 51.4 Å². The van der Waals surface area contributed by atoms with E-state index in [1.54, 1.807) is 6.92 Å². The van der Waals surface area contributed by atoms with Crippen LogP contribution < -0.4 is 0 Å². The largest absolute Gasteiger partial charge is 0.425 e. The lowest BCUT2D eigenvalue weighted by molar-refractivity contribution is -0.191. The van der Waals surface area contributed by atoms with Crippen LogP contribution in [0, 0.1) is 29.6 Å². The minimum absolute atomic E-state index is 0.0636. The second kappa shape index (κ2) is 17.3. The van der Waals surface area contributed by atoms with Crippen molar-refractivity contribution in [1.29, 1.82) is 0 Å². The maximum absolute atomic E-state index is 13.0. The van der Waals surface area contributed by atoms with Gasteiger partial charge in [-0.1, -0.05) is 86.1 Å². The van der Waals surface area contributed by atoms with Gasteiger partial charge < -0.3 is 9.47 Å². The number of carbonyl (C=O) groups excluding carboxylic acids is 2. The van der Waals surface area contributed by atoms with Crippen molar-refractivity contribution in [2.24, 2.45) is 29.6 Å². The highest BCUT2D eigenvalue weighted by Gasteiger charge is 2.31. The number of hydrogen-bond donors (Lipinski definition) is 0. The molecule has 0 amide bonds. The predicted molar refractivity (Wildman–Crippen MR) is 130 cm³/mol. The molecule has 0 N–H and O–H groups in total. The maximum atomic E-state index is 13.0. The molecule has 0 aliphatic rings. The standard InChI is InChI=1S/C27H50O4/c1-9-12-14-15-17-24(16-13-10-2)26(28)30-22(8)31-27(29)25(19-21(6)7)23(11-3)18-20(4)5/h11,20-25H,3,9-10,12-19H2,1-2,4-8H3. The zero-order chi connectivity index (χ0) is 23.8. The van der Waals surface area contributed by atoms with Crippen LogP contribution in [-0.4, -0.2) is 18.2 Å². The monoisotopic (exact) mass is 438 g/mol. The first-order valence-corrected chi connectivity index (χ1v) is 12.7. The number of unbranched alkanes of at least 4 members (excludes halogenated alkanes) is 4. The average Bonchev–Trinajstić information content (AvgIpc) is 2.69. The number of hydrogen-bond acceptors (Lipinski definition) is 4. The van der Waals surface area contributed by atoms with E-state index in [-0.39, 0.29) is 29.7 Å². The first-order chi connectivity index (χ1) is 14.7. The van der Waals surface area contributed by atoms with E-state index < -0.39 is 6.29 Å². The summed E-state index contributed by atoms with van der Waals surface area (Å²) in [6.45, 7) is 18.4. The zero-order valence-electron chi connectivity index (χ0n) is 21.5. The highest BCUT2D eigenvalue weighted by Crippen LogP contribution is 2.29. The van der Waals surface area contributed by atoms with Crippen LogP contribution in [0.3, 0.4) is 0 Å². The Morgan fingerprint density at radius 3 is 1.84 bits per heavy atom. The second-order valence-corrected chi connectivity index (χ2v) is 9.90. The Kier molecular flexibility index (Phi) is 16.5. The van der Waals surface area contributed by atoms with Gasteiger partial charge in [0.25, 0.3) is 0 Å². The summed E-state index contributed by atoms with van der Waals surface area (Å²) in [5, 5.41) is 0. The second-order valence-electron chi connectivity index (χ2n) is 9.90. The van der Waals surface area contributed by atoms with Crippen molar-refractivity contribution in [3.63, 3.8) is 0 Å². The van der Waals surface area contributed by atoms with Crippen LogP contribution in [0.1, 0.15) is 113 Å². The van der Waals surface area contributed by atoms with Gasteiger partial charge in [-0.25, -0.2) is 0 Å². The average molecular weight is 439 g/mol. The van der Waals surface area contributed by atoms with Crippen molar-refractivity contribution in [2.75, 3.05) is 0 Å². The number of carbonyl (C=O) groups is 2. The number of ether oxygens (including phenoxy) is 2. The SMILES string of the molecule is C=CC(CC(C)C)C(CC(C)C)C(=O)OC(C)OC(=O)C(CCCC)CCCCCC. The first-order valence-electron chi connectivity index (χ1n) is 12.7. The highest BCUT2D eigenvalue weighted by molar-refractivity contribution is 5.74. The van der Waals surface area contributed by atoms with Crippen LogP contribution in [-0.2, 0) is 19.1 Å². The fourth-order valence-corrected chi connectivity index (χ4v) is 4.11. The Morgan fingerprint density at radius 1 is 0.774 bits per heavy atom. The first kappa shape index (κ1) is 29.7. The van der Waals surface area contributed by atoms with Gasteiger partial charge in [-0.15, -0.1) is 6.58 Å². The van der Waals surface area contributed by atoms with E-state index in [1.807, 2.05) is 6.08 Å². The minimum Gasteiger partial charge on any atom is -0.425 e. The molecule has 4 nitrogen and oxygen atoms in total. The van der Waals surface area contributed by atoms with Gasteiger partial charge in [0.2, 0.25) is 6.29 Å². The maximum Gasteiger partial charge on any atom is 0.312 e. The Labute approximate surface area is 192 Å². The van der Waals surface area contributed by atoms with Crippen LogP contribution in [0.4, 0.5) is 0 Å². The number of allylic oxidation sites excluding steroid dienone is 1. The van der Waals surface area contributed by atoms with E-state index in [4.69, 9.17) is 9.47 Å². The van der Waals surface area contributed by atoms with Crippen LogP contribution >= 0.6 is 0 Å². The molecule has 0 heterocycles. The third kappa shape index (κ3) is 13.6. The van der Waals surface area contributed by atoms with Gasteiger partial charge in [-0.3, -0.25) is 9.59 Å². The fraction of sp³-hybridized carbons (Fsp3) is 0.852. The summed E-state index contributed by atoms with van der Waals surface area (Å²) in [6, 6.07) is 0. The van der Waals surface area contributed by atoms with Gasteiger partial charge in [0.1, 0.15) is 0 Å². The lowest BCUT2D eigenvalue weighted by Gasteiger charge is -2.27. The molecule has 0 saturated heterocycles.